The van der Waals surface area contributed by atoms with Crippen molar-refractivity contribution in [2.45, 2.75) is 0 Å². The molecule has 0 saturated heterocycles. The molecule has 10 nitrogen and oxygen atoms in total. The molecule has 0 aromatic rings. The van der Waals surface area contributed by atoms with Crippen molar-refractivity contribution in [2.75, 3.05) is 39.3 Å². The molecular weight excluding hydrogens is 314 g/mol. The first-order valence-electron chi connectivity index (χ1n) is 5.79. The number of nitrogens with zero attached hydrogens (tertiary/aromatic N) is 2. The highest BCUT2D eigenvalue weighted by Crippen LogP contribution is 1.97. The number of carbonyl (C=O) groups is 4. The van der Waals surface area contributed by atoms with Crippen LogP contribution in [0, 0.1) is 0 Å². The summed E-state index contributed by atoms with van der Waals surface area (Å²) in [6, 6.07) is 0. The zero-order chi connectivity index (χ0) is 17.1. The van der Waals surface area contributed by atoms with E-state index in [1.165, 1.54) is 0 Å². The number of rotatable bonds is 11. The topological polar surface area (TPSA) is 134 Å². The van der Waals surface area contributed by atoms with Crippen LogP contribution in [0.15, 0.2) is 0 Å². The van der Waals surface area contributed by atoms with Crippen LogP contribution < -0.4 is 0 Å². The fourth-order valence-corrected chi connectivity index (χ4v) is 1.51. The van der Waals surface area contributed by atoms with Crippen LogP contribution in [0.2, 0.25) is 0 Å². The van der Waals surface area contributed by atoms with E-state index in [9.17, 15) is 28.2 Å². The monoisotopic (exact) mass is 328 g/mol. The van der Waals surface area contributed by atoms with Gasteiger partial charge in [-0.15, -0.1) is 0 Å². The summed E-state index contributed by atoms with van der Waals surface area (Å²) in [5, 5.41) is 17.3. The Labute approximate surface area is 122 Å². The van der Waals surface area contributed by atoms with Crippen LogP contribution in [-0.2, 0) is 29.1 Å². The molecule has 0 atom stereocenters. The average molecular weight is 328 g/mol. The molecule has 0 aliphatic heterocycles. The van der Waals surface area contributed by atoms with Gasteiger partial charge in [-0.3, -0.25) is 29.3 Å². The number of carboxylic acid groups (broad SMARTS) is 2. The van der Waals surface area contributed by atoms with Gasteiger partial charge < -0.3 is 10.2 Å². The van der Waals surface area contributed by atoms with Gasteiger partial charge in [0.15, 0.2) is 0 Å². The van der Waals surface area contributed by atoms with Gasteiger partial charge in [-0.05, 0) is 0 Å². The Kier molecular flexibility index (Phi) is 9.29. The Bertz CT molecular complexity index is 386. The third-order valence-electron chi connectivity index (χ3n) is 2.33. The number of carboxylic acids is 2. The van der Waals surface area contributed by atoms with E-state index in [1.54, 1.807) is 0 Å². The van der Waals surface area contributed by atoms with Gasteiger partial charge in [0.05, 0.1) is 13.1 Å². The van der Waals surface area contributed by atoms with Gasteiger partial charge in [0.2, 0.25) is 0 Å². The second-order valence-corrected chi connectivity index (χ2v) is 4.11. The molecule has 0 spiro atoms. The molecular formula is C10H14F2N2O8. The predicted molar refractivity (Wildman–Crippen MR) is 62.6 cm³/mol. The molecule has 2 N–H and O–H groups in total. The summed E-state index contributed by atoms with van der Waals surface area (Å²) in [6.07, 6.45) is 0. The van der Waals surface area contributed by atoms with Crippen molar-refractivity contribution < 1.29 is 48.3 Å². The highest BCUT2D eigenvalue weighted by atomic mass is 19.3. The number of carbonyl (C=O) groups excluding carboxylic acids is 2. The molecule has 0 aromatic heterocycles. The third kappa shape index (κ3) is 9.55. The van der Waals surface area contributed by atoms with E-state index < -0.39 is 50.1 Å². The van der Waals surface area contributed by atoms with Gasteiger partial charge in [0, 0.05) is 22.1 Å². The average Bonchev–Trinajstić information content (AvgIpc) is 2.42. The highest BCUT2D eigenvalue weighted by Gasteiger charge is 2.20. The molecule has 0 aliphatic rings. The van der Waals surface area contributed by atoms with Crippen LogP contribution in [0.5, 0.6) is 0 Å². The molecule has 0 unspecified atom stereocenters. The lowest BCUT2D eigenvalue weighted by Gasteiger charge is -2.23. The summed E-state index contributed by atoms with van der Waals surface area (Å²) >= 11 is 0. The van der Waals surface area contributed by atoms with Crippen LogP contribution in [0.4, 0.5) is 9.05 Å². The lowest BCUT2D eigenvalue weighted by atomic mass is 10.4. The molecule has 0 radical (unpaired) electrons. The van der Waals surface area contributed by atoms with E-state index in [2.05, 4.69) is 9.88 Å². The van der Waals surface area contributed by atoms with Crippen LogP contribution in [0.3, 0.4) is 0 Å². The van der Waals surface area contributed by atoms with Crippen molar-refractivity contribution in [1.29, 1.82) is 0 Å². The zero-order valence-electron chi connectivity index (χ0n) is 11.2. The van der Waals surface area contributed by atoms with Crippen molar-refractivity contribution >= 4 is 23.9 Å². The SMILES string of the molecule is O=C(O)CN(CCN(CC(=O)OF)CC(=O)OF)CC(=O)O. The summed E-state index contributed by atoms with van der Waals surface area (Å²) in [5.41, 5.74) is 0. The fourth-order valence-electron chi connectivity index (χ4n) is 1.51. The first-order chi connectivity index (χ1) is 10.3. The standard InChI is InChI=1S/C10H14F2N2O8/c11-21-9(19)5-14(6-10(20)22-12)2-1-13(3-7(15)16)4-8(17)18/h1-6H2,(H,15,16)(H,17,18). The van der Waals surface area contributed by atoms with Gasteiger partial charge in [-0.2, -0.15) is 0 Å². The summed E-state index contributed by atoms with van der Waals surface area (Å²) in [6.45, 7) is -3.12. The number of aliphatic carboxylic acids is 2. The number of hydrogen-bond donors (Lipinski definition) is 2. The van der Waals surface area contributed by atoms with Gasteiger partial charge in [0.25, 0.3) is 0 Å². The van der Waals surface area contributed by atoms with Crippen molar-refractivity contribution in [3.8, 4) is 0 Å². The minimum Gasteiger partial charge on any atom is -0.480 e. The Morgan fingerprint density at radius 1 is 0.727 bits per heavy atom. The molecule has 0 heterocycles. The summed E-state index contributed by atoms with van der Waals surface area (Å²) in [5.74, 6) is -5.32. The maximum absolute atomic E-state index is 11.7. The van der Waals surface area contributed by atoms with Crippen LogP contribution in [0.1, 0.15) is 0 Å². The largest absolute Gasteiger partial charge is 0.480 e. The van der Waals surface area contributed by atoms with E-state index in [0.717, 1.165) is 9.80 Å². The van der Waals surface area contributed by atoms with Gasteiger partial charge >= 0.3 is 23.9 Å². The minimum absolute atomic E-state index is 0.197. The maximum Gasteiger partial charge on any atom is 0.362 e. The van der Waals surface area contributed by atoms with Gasteiger partial charge in [-0.1, -0.05) is 0 Å². The molecule has 12 heteroatoms. The molecule has 0 bridgehead atoms. The first-order valence-corrected chi connectivity index (χ1v) is 5.79. The molecule has 0 fully saturated rings. The van der Waals surface area contributed by atoms with E-state index in [1.807, 2.05) is 0 Å². The predicted octanol–water partition coefficient (Wildman–Crippen LogP) is -1.38. The van der Waals surface area contributed by atoms with Crippen molar-refractivity contribution in [3.63, 3.8) is 0 Å². The van der Waals surface area contributed by atoms with Gasteiger partial charge in [-0.25, -0.2) is 9.59 Å². The Hall–Kier alpha value is -2.34. The zero-order valence-corrected chi connectivity index (χ0v) is 11.2. The summed E-state index contributed by atoms with van der Waals surface area (Å²) in [4.78, 5) is 50.5. The second-order valence-electron chi connectivity index (χ2n) is 4.11. The van der Waals surface area contributed by atoms with E-state index in [4.69, 9.17) is 10.2 Å². The lowest BCUT2D eigenvalue weighted by Crippen LogP contribution is -2.43. The smallest absolute Gasteiger partial charge is 0.362 e. The Morgan fingerprint density at radius 2 is 1.05 bits per heavy atom. The first kappa shape index (κ1) is 19.7. The number of hydrogen-bond acceptors (Lipinski definition) is 8. The van der Waals surface area contributed by atoms with Gasteiger partial charge in [0.1, 0.15) is 13.1 Å². The van der Waals surface area contributed by atoms with Crippen LogP contribution in [0.25, 0.3) is 0 Å². The summed E-state index contributed by atoms with van der Waals surface area (Å²) < 4.78 is 23.4. The van der Waals surface area contributed by atoms with E-state index in [-0.39, 0.29) is 13.1 Å². The summed E-state index contributed by atoms with van der Waals surface area (Å²) in [7, 11) is 0. The van der Waals surface area contributed by atoms with E-state index in [0.29, 0.717) is 0 Å². The normalized spacial score (nSPS) is 10.5. The molecule has 0 aromatic carbocycles. The third-order valence-corrected chi connectivity index (χ3v) is 2.33. The van der Waals surface area contributed by atoms with E-state index >= 15 is 0 Å². The molecule has 0 saturated carbocycles. The fraction of sp³-hybridized carbons (Fsp3) is 0.600. The second kappa shape index (κ2) is 10.4. The van der Waals surface area contributed by atoms with Crippen molar-refractivity contribution in [3.05, 3.63) is 0 Å². The Morgan fingerprint density at radius 3 is 1.32 bits per heavy atom. The highest BCUT2D eigenvalue weighted by molar-refractivity contribution is 5.74. The molecule has 0 rings (SSSR count). The van der Waals surface area contributed by atoms with Crippen molar-refractivity contribution in [2.24, 2.45) is 0 Å². The van der Waals surface area contributed by atoms with Crippen LogP contribution >= 0.6 is 0 Å². The van der Waals surface area contributed by atoms with Crippen molar-refractivity contribution in [1.82, 2.24) is 9.80 Å². The lowest BCUT2D eigenvalue weighted by molar-refractivity contribution is -0.189. The quantitative estimate of drug-likeness (QED) is 0.467. The van der Waals surface area contributed by atoms with Crippen LogP contribution in [-0.4, -0.2) is 83.2 Å². The Balaban J connectivity index is 4.64. The molecule has 126 valence electrons. The molecule has 0 amide bonds. The number of halogens is 2. The molecule has 0 aliphatic carbocycles. The molecule has 22 heavy (non-hydrogen) atoms. The minimum atomic E-state index is -1.37. The maximum atomic E-state index is 11.7.